The summed E-state index contributed by atoms with van der Waals surface area (Å²) in [5, 5.41) is 0. The summed E-state index contributed by atoms with van der Waals surface area (Å²) in [5.74, 6) is -0.338. The predicted molar refractivity (Wildman–Crippen MR) is 104 cm³/mol. The maximum Gasteiger partial charge on any atom is 0.330 e. The first kappa shape index (κ1) is 17.3. The van der Waals surface area contributed by atoms with Crippen molar-refractivity contribution >= 4 is 17.7 Å². The van der Waals surface area contributed by atoms with Gasteiger partial charge < -0.3 is 9.64 Å². The van der Waals surface area contributed by atoms with Crippen LogP contribution < -0.4 is 4.90 Å². The fraction of sp³-hybridized carbons (Fsp3) is 0.318. The largest absolute Gasteiger partial charge is 0.466 e. The van der Waals surface area contributed by atoms with E-state index in [2.05, 4.69) is 53.0 Å². The molecule has 0 atom stereocenters. The number of ether oxygens (including phenoxy) is 1. The van der Waals surface area contributed by atoms with Crippen LogP contribution in [0.3, 0.4) is 0 Å². The molecule has 3 nitrogen and oxygen atoms in total. The quantitative estimate of drug-likeness (QED) is 0.591. The fourth-order valence-electron chi connectivity index (χ4n) is 3.35. The molecule has 0 bridgehead atoms. The highest BCUT2D eigenvalue weighted by molar-refractivity contribution is 5.87. The lowest BCUT2D eigenvalue weighted by atomic mass is 9.98. The molecule has 0 aliphatic carbocycles. The van der Waals surface area contributed by atoms with Crippen molar-refractivity contribution in [3.8, 4) is 11.1 Å². The van der Waals surface area contributed by atoms with Gasteiger partial charge in [-0.1, -0.05) is 30.3 Å². The van der Waals surface area contributed by atoms with Crippen molar-refractivity contribution < 1.29 is 9.53 Å². The van der Waals surface area contributed by atoms with Crippen molar-refractivity contribution in [1.29, 1.82) is 0 Å². The molecule has 0 amide bonds. The number of carbonyl (C=O) groups excluding carboxylic acids is 1. The van der Waals surface area contributed by atoms with Gasteiger partial charge in [0.15, 0.2) is 0 Å². The van der Waals surface area contributed by atoms with E-state index in [1.807, 2.05) is 6.07 Å². The Balaban J connectivity index is 1.77. The molecule has 1 saturated heterocycles. The van der Waals surface area contributed by atoms with E-state index in [1.54, 1.807) is 6.08 Å². The Labute approximate surface area is 149 Å². The molecule has 3 rings (SSSR count). The molecular weight excluding hydrogens is 310 g/mol. The molecule has 3 heteroatoms. The van der Waals surface area contributed by atoms with Crippen LogP contribution in [0.15, 0.2) is 48.5 Å². The zero-order valence-corrected chi connectivity index (χ0v) is 15.0. The summed E-state index contributed by atoms with van der Waals surface area (Å²) in [5.41, 5.74) is 5.95. The molecule has 2 aromatic rings. The van der Waals surface area contributed by atoms with Crippen LogP contribution in [0.25, 0.3) is 17.2 Å². The second kappa shape index (κ2) is 8.02. The lowest BCUT2D eigenvalue weighted by molar-refractivity contribution is -0.134. The zero-order valence-electron chi connectivity index (χ0n) is 15.0. The Morgan fingerprint density at radius 3 is 2.40 bits per heavy atom. The molecule has 1 aliphatic heterocycles. The maximum absolute atomic E-state index is 11.2. The maximum atomic E-state index is 11.2. The van der Waals surface area contributed by atoms with Gasteiger partial charge in [-0.3, -0.25) is 0 Å². The van der Waals surface area contributed by atoms with Gasteiger partial charge in [-0.15, -0.1) is 0 Å². The molecule has 1 heterocycles. The van der Waals surface area contributed by atoms with E-state index < -0.39 is 0 Å². The Hall–Kier alpha value is -2.55. The third-order valence-corrected chi connectivity index (χ3v) is 4.76. The number of piperidine rings is 1. The molecule has 1 aliphatic rings. The monoisotopic (exact) mass is 335 g/mol. The molecule has 0 saturated carbocycles. The Morgan fingerprint density at radius 1 is 1.04 bits per heavy atom. The van der Waals surface area contributed by atoms with E-state index in [0.717, 1.165) is 5.56 Å². The van der Waals surface area contributed by atoms with Gasteiger partial charge in [-0.05, 0) is 66.6 Å². The van der Waals surface area contributed by atoms with Crippen LogP contribution in [-0.2, 0) is 9.53 Å². The van der Waals surface area contributed by atoms with E-state index in [-0.39, 0.29) is 5.97 Å². The van der Waals surface area contributed by atoms with Gasteiger partial charge in [0, 0.05) is 24.9 Å². The highest BCUT2D eigenvalue weighted by Gasteiger charge is 2.11. The molecule has 0 radical (unpaired) electrons. The minimum absolute atomic E-state index is 0.338. The average Bonchev–Trinajstić information content (AvgIpc) is 2.67. The summed E-state index contributed by atoms with van der Waals surface area (Å²) in [6.07, 6.45) is 7.16. The number of carbonyl (C=O) groups is 1. The Morgan fingerprint density at radius 2 is 1.76 bits per heavy atom. The number of hydrogen-bond donors (Lipinski definition) is 0. The van der Waals surface area contributed by atoms with Crippen LogP contribution in [0.5, 0.6) is 0 Å². The van der Waals surface area contributed by atoms with Crippen LogP contribution >= 0.6 is 0 Å². The van der Waals surface area contributed by atoms with Crippen LogP contribution in [0.4, 0.5) is 5.69 Å². The first-order valence-electron chi connectivity index (χ1n) is 8.89. The molecule has 0 spiro atoms. The second-order valence-electron chi connectivity index (χ2n) is 6.53. The lowest BCUT2D eigenvalue weighted by Gasteiger charge is -2.29. The van der Waals surface area contributed by atoms with Gasteiger partial charge >= 0.3 is 5.97 Å². The molecule has 130 valence electrons. The van der Waals surface area contributed by atoms with Gasteiger partial charge in [0.2, 0.25) is 0 Å². The second-order valence-corrected chi connectivity index (χ2v) is 6.53. The fourth-order valence-corrected chi connectivity index (χ4v) is 3.35. The molecule has 0 N–H and O–H groups in total. The standard InChI is InChI=1S/C22H25NO2/c1-17-16-18(7-13-22(24)25-2)6-12-21(17)19-8-10-20(11-9-19)23-14-4-3-5-15-23/h6-13,16H,3-5,14-15H2,1-2H3/b13-7+. The number of benzene rings is 2. The number of methoxy groups -OCH3 is 1. The minimum atomic E-state index is -0.338. The third-order valence-electron chi connectivity index (χ3n) is 4.76. The summed E-state index contributed by atoms with van der Waals surface area (Å²) in [6, 6.07) is 15.1. The van der Waals surface area contributed by atoms with Crippen molar-refractivity contribution in [3.63, 3.8) is 0 Å². The Kier molecular flexibility index (Phi) is 5.54. The smallest absolute Gasteiger partial charge is 0.330 e. The van der Waals surface area contributed by atoms with Crippen molar-refractivity contribution in [2.75, 3.05) is 25.1 Å². The normalized spacial score (nSPS) is 14.7. The number of hydrogen-bond acceptors (Lipinski definition) is 3. The third kappa shape index (κ3) is 4.30. The van der Waals surface area contributed by atoms with E-state index >= 15 is 0 Å². The van der Waals surface area contributed by atoms with E-state index in [4.69, 9.17) is 0 Å². The summed E-state index contributed by atoms with van der Waals surface area (Å²) >= 11 is 0. The van der Waals surface area contributed by atoms with Crippen LogP contribution in [-0.4, -0.2) is 26.2 Å². The topological polar surface area (TPSA) is 29.5 Å². The molecule has 1 fully saturated rings. The predicted octanol–water partition coefficient (Wildman–Crippen LogP) is 4.84. The Bertz CT molecular complexity index is 756. The molecule has 0 aromatic heterocycles. The van der Waals surface area contributed by atoms with Crippen molar-refractivity contribution in [3.05, 3.63) is 59.7 Å². The number of rotatable bonds is 4. The highest BCUT2D eigenvalue weighted by Crippen LogP contribution is 2.28. The molecule has 25 heavy (non-hydrogen) atoms. The number of anilines is 1. The molecule has 0 unspecified atom stereocenters. The van der Waals surface area contributed by atoms with Gasteiger partial charge in [0.05, 0.1) is 7.11 Å². The van der Waals surface area contributed by atoms with Crippen LogP contribution in [0.2, 0.25) is 0 Å². The van der Waals surface area contributed by atoms with E-state index in [9.17, 15) is 4.79 Å². The summed E-state index contributed by atoms with van der Waals surface area (Å²) < 4.78 is 4.63. The first-order valence-corrected chi connectivity index (χ1v) is 8.89. The van der Waals surface area contributed by atoms with E-state index in [1.165, 1.54) is 67.9 Å². The number of nitrogens with zero attached hydrogens (tertiary/aromatic N) is 1. The van der Waals surface area contributed by atoms with Gasteiger partial charge in [-0.25, -0.2) is 4.79 Å². The van der Waals surface area contributed by atoms with Crippen molar-refractivity contribution in [1.82, 2.24) is 0 Å². The average molecular weight is 335 g/mol. The summed E-state index contributed by atoms with van der Waals surface area (Å²) in [6.45, 7) is 4.43. The first-order chi connectivity index (χ1) is 12.2. The van der Waals surface area contributed by atoms with Crippen LogP contribution in [0.1, 0.15) is 30.4 Å². The van der Waals surface area contributed by atoms with Gasteiger partial charge in [0.25, 0.3) is 0 Å². The van der Waals surface area contributed by atoms with Crippen molar-refractivity contribution in [2.45, 2.75) is 26.2 Å². The van der Waals surface area contributed by atoms with E-state index in [0.29, 0.717) is 0 Å². The van der Waals surface area contributed by atoms with Gasteiger partial charge in [-0.2, -0.15) is 0 Å². The highest BCUT2D eigenvalue weighted by atomic mass is 16.5. The number of esters is 1. The molecular formula is C22H25NO2. The van der Waals surface area contributed by atoms with Gasteiger partial charge in [0.1, 0.15) is 0 Å². The number of aryl methyl sites for hydroxylation is 1. The molecule has 2 aromatic carbocycles. The lowest BCUT2D eigenvalue weighted by Crippen LogP contribution is -2.29. The summed E-state index contributed by atoms with van der Waals surface area (Å²) in [7, 11) is 1.38. The minimum Gasteiger partial charge on any atom is -0.466 e. The zero-order chi connectivity index (χ0) is 17.6. The van der Waals surface area contributed by atoms with Crippen molar-refractivity contribution in [2.24, 2.45) is 0 Å². The van der Waals surface area contributed by atoms with Crippen LogP contribution in [0, 0.1) is 6.92 Å². The summed E-state index contributed by atoms with van der Waals surface area (Å²) in [4.78, 5) is 13.7. The SMILES string of the molecule is COC(=O)/C=C/c1ccc(-c2ccc(N3CCCCC3)cc2)c(C)c1.